The highest BCUT2D eigenvalue weighted by molar-refractivity contribution is 6.01. The number of ether oxygens (including phenoxy) is 2. The van der Waals surface area contributed by atoms with Crippen LogP contribution in [0.5, 0.6) is 5.75 Å². The zero-order valence-electron chi connectivity index (χ0n) is 14.0. The number of methoxy groups -OCH3 is 1. The van der Waals surface area contributed by atoms with E-state index in [1.54, 1.807) is 38.3 Å². The molecule has 0 N–H and O–H groups in total. The van der Waals surface area contributed by atoms with Gasteiger partial charge in [0, 0.05) is 17.2 Å². The molecule has 0 saturated carbocycles. The van der Waals surface area contributed by atoms with E-state index in [1.165, 1.54) is 6.08 Å². The molecule has 0 radical (unpaired) electrons. The summed E-state index contributed by atoms with van der Waals surface area (Å²) in [6.45, 7) is 3.51. The topological polar surface area (TPSA) is 52.6 Å². The van der Waals surface area contributed by atoms with Crippen LogP contribution in [0.2, 0.25) is 0 Å². The number of para-hydroxylation sites is 1. The van der Waals surface area contributed by atoms with Crippen molar-refractivity contribution in [3.05, 3.63) is 71.3 Å². The Kier molecular flexibility index (Phi) is 5.90. The number of carbonyl (C=O) groups is 2. The number of hydrogen-bond acceptors (Lipinski definition) is 4. The first-order chi connectivity index (χ1) is 11.5. The van der Waals surface area contributed by atoms with Crippen molar-refractivity contribution in [1.29, 1.82) is 0 Å². The Balaban J connectivity index is 1.99. The summed E-state index contributed by atoms with van der Waals surface area (Å²) in [5.74, 6) is -0.145. The zero-order valence-corrected chi connectivity index (χ0v) is 14.0. The molecule has 4 nitrogen and oxygen atoms in total. The Morgan fingerprint density at radius 2 is 1.71 bits per heavy atom. The van der Waals surface area contributed by atoms with Crippen molar-refractivity contribution in [3.63, 3.8) is 0 Å². The van der Waals surface area contributed by atoms with Gasteiger partial charge in [0.25, 0.3) is 0 Å². The fraction of sp³-hybridized carbons (Fsp3) is 0.200. The Labute approximate surface area is 141 Å². The van der Waals surface area contributed by atoms with E-state index in [4.69, 9.17) is 9.47 Å². The molecule has 0 bridgehead atoms. The molecule has 2 rings (SSSR count). The van der Waals surface area contributed by atoms with Crippen molar-refractivity contribution in [3.8, 4) is 5.75 Å². The Morgan fingerprint density at radius 1 is 1.04 bits per heavy atom. The lowest BCUT2D eigenvalue weighted by atomic mass is 10.1. The third-order valence-electron chi connectivity index (χ3n) is 3.54. The molecule has 0 amide bonds. The number of benzene rings is 2. The van der Waals surface area contributed by atoms with Crippen LogP contribution in [0.4, 0.5) is 0 Å². The van der Waals surface area contributed by atoms with Gasteiger partial charge in [0.1, 0.15) is 5.75 Å². The quantitative estimate of drug-likeness (QED) is 0.460. The summed E-state index contributed by atoms with van der Waals surface area (Å²) in [6, 6.07) is 14.5. The standard InChI is InChI=1S/C20H20O4/c1-14-8-10-17(11-9-14)20(22)15(2)24-19(21)13-12-16-6-4-5-7-18(16)23-3/h4-13,15H,1-3H3/b13-12+/t15-/m0/s1. The number of Topliss-reactive ketones (excluding diaryl/α,β-unsaturated/α-hetero) is 1. The lowest BCUT2D eigenvalue weighted by Crippen LogP contribution is -2.23. The maximum atomic E-state index is 12.2. The number of esters is 1. The predicted molar refractivity (Wildman–Crippen MR) is 93.1 cm³/mol. The minimum atomic E-state index is -0.845. The molecule has 24 heavy (non-hydrogen) atoms. The molecule has 0 spiro atoms. The van der Waals surface area contributed by atoms with Crippen LogP contribution in [-0.4, -0.2) is 25.0 Å². The van der Waals surface area contributed by atoms with Crippen LogP contribution in [0.3, 0.4) is 0 Å². The minimum absolute atomic E-state index is 0.228. The second-order valence-corrected chi connectivity index (χ2v) is 5.38. The van der Waals surface area contributed by atoms with E-state index >= 15 is 0 Å². The lowest BCUT2D eigenvalue weighted by Gasteiger charge is -2.11. The first-order valence-electron chi connectivity index (χ1n) is 7.64. The fourth-order valence-corrected chi connectivity index (χ4v) is 2.18. The van der Waals surface area contributed by atoms with Crippen LogP contribution >= 0.6 is 0 Å². The van der Waals surface area contributed by atoms with Crippen LogP contribution in [-0.2, 0) is 9.53 Å². The van der Waals surface area contributed by atoms with Crippen LogP contribution in [0, 0.1) is 6.92 Å². The molecule has 2 aromatic carbocycles. The minimum Gasteiger partial charge on any atom is -0.496 e. The third-order valence-corrected chi connectivity index (χ3v) is 3.54. The molecule has 0 unspecified atom stereocenters. The summed E-state index contributed by atoms with van der Waals surface area (Å²) in [5, 5.41) is 0. The summed E-state index contributed by atoms with van der Waals surface area (Å²) >= 11 is 0. The summed E-state index contributed by atoms with van der Waals surface area (Å²) in [5.41, 5.74) is 2.35. The average molecular weight is 324 g/mol. The highest BCUT2D eigenvalue weighted by Crippen LogP contribution is 2.18. The number of rotatable bonds is 6. The van der Waals surface area contributed by atoms with Crippen LogP contribution < -0.4 is 4.74 Å². The molecular weight excluding hydrogens is 304 g/mol. The highest BCUT2D eigenvalue weighted by Gasteiger charge is 2.18. The first kappa shape index (κ1) is 17.5. The van der Waals surface area contributed by atoms with Crippen molar-refractivity contribution >= 4 is 17.8 Å². The Bertz CT molecular complexity index is 744. The van der Waals surface area contributed by atoms with Gasteiger partial charge in [-0.05, 0) is 26.0 Å². The van der Waals surface area contributed by atoms with Crippen LogP contribution in [0.1, 0.15) is 28.4 Å². The lowest BCUT2D eigenvalue weighted by molar-refractivity contribution is -0.140. The second kappa shape index (κ2) is 8.11. The highest BCUT2D eigenvalue weighted by atomic mass is 16.5. The molecular formula is C20H20O4. The molecule has 124 valence electrons. The first-order valence-corrected chi connectivity index (χ1v) is 7.64. The van der Waals surface area contributed by atoms with Crippen molar-refractivity contribution in [2.75, 3.05) is 7.11 Å². The summed E-state index contributed by atoms with van der Waals surface area (Å²) in [7, 11) is 1.56. The predicted octanol–water partition coefficient (Wildman–Crippen LogP) is 3.83. The maximum absolute atomic E-state index is 12.2. The van der Waals surface area contributed by atoms with Gasteiger partial charge in [0.05, 0.1) is 7.11 Å². The van der Waals surface area contributed by atoms with E-state index in [1.807, 2.05) is 37.3 Å². The summed E-state index contributed by atoms with van der Waals surface area (Å²) in [6.07, 6.45) is 2.05. The van der Waals surface area contributed by atoms with E-state index in [-0.39, 0.29) is 5.78 Å². The number of aryl methyl sites for hydroxylation is 1. The monoisotopic (exact) mass is 324 g/mol. The Morgan fingerprint density at radius 3 is 2.38 bits per heavy atom. The van der Waals surface area contributed by atoms with Gasteiger partial charge in [-0.1, -0.05) is 48.0 Å². The van der Waals surface area contributed by atoms with Crippen LogP contribution in [0.15, 0.2) is 54.6 Å². The normalized spacial score (nSPS) is 12.0. The molecule has 0 saturated heterocycles. The number of hydrogen-bond donors (Lipinski definition) is 0. The summed E-state index contributed by atoms with van der Waals surface area (Å²) < 4.78 is 10.4. The van der Waals surface area contributed by atoms with Gasteiger partial charge in [-0.2, -0.15) is 0 Å². The SMILES string of the molecule is COc1ccccc1/C=C/C(=O)O[C@@H](C)C(=O)c1ccc(C)cc1. The van der Waals surface area contributed by atoms with E-state index < -0.39 is 12.1 Å². The largest absolute Gasteiger partial charge is 0.496 e. The maximum Gasteiger partial charge on any atom is 0.331 e. The third kappa shape index (κ3) is 4.56. The van der Waals surface area contributed by atoms with Gasteiger partial charge in [-0.25, -0.2) is 4.79 Å². The van der Waals surface area contributed by atoms with E-state index in [0.717, 1.165) is 11.1 Å². The van der Waals surface area contributed by atoms with Crippen molar-refractivity contribution in [2.24, 2.45) is 0 Å². The van der Waals surface area contributed by atoms with Gasteiger partial charge in [-0.15, -0.1) is 0 Å². The van der Waals surface area contributed by atoms with Crippen molar-refractivity contribution < 1.29 is 19.1 Å². The molecule has 0 aromatic heterocycles. The molecule has 1 atom stereocenters. The van der Waals surface area contributed by atoms with Gasteiger partial charge in [0.15, 0.2) is 6.10 Å². The smallest absolute Gasteiger partial charge is 0.331 e. The van der Waals surface area contributed by atoms with E-state index in [9.17, 15) is 9.59 Å². The molecule has 0 fully saturated rings. The van der Waals surface area contributed by atoms with Gasteiger partial charge in [-0.3, -0.25) is 4.79 Å². The second-order valence-electron chi connectivity index (χ2n) is 5.38. The van der Waals surface area contributed by atoms with E-state index in [0.29, 0.717) is 11.3 Å². The van der Waals surface area contributed by atoms with Gasteiger partial charge < -0.3 is 9.47 Å². The van der Waals surface area contributed by atoms with Crippen molar-refractivity contribution in [1.82, 2.24) is 0 Å². The zero-order chi connectivity index (χ0) is 17.5. The molecule has 2 aromatic rings. The Hall–Kier alpha value is -2.88. The van der Waals surface area contributed by atoms with Gasteiger partial charge >= 0.3 is 5.97 Å². The summed E-state index contributed by atoms with van der Waals surface area (Å²) in [4.78, 5) is 24.2. The molecule has 0 heterocycles. The van der Waals surface area contributed by atoms with Crippen LogP contribution in [0.25, 0.3) is 6.08 Å². The molecule has 4 heteroatoms. The van der Waals surface area contributed by atoms with E-state index in [2.05, 4.69) is 0 Å². The average Bonchev–Trinajstić information content (AvgIpc) is 2.60. The fourth-order valence-electron chi connectivity index (χ4n) is 2.18. The number of carbonyl (C=O) groups excluding carboxylic acids is 2. The molecule has 0 aliphatic rings. The number of ketones is 1. The van der Waals surface area contributed by atoms with Crippen molar-refractivity contribution in [2.45, 2.75) is 20.0 Å². The molecule has 0 aliphatic carbocycles. The van der Waals surface area contributed by atoms with Gasteiger partial charge in [0.2, 0.25) is 5.78 Å². The molecule has 0 aliphatic heterocycles.